The van der Waals surface area contributed by atoms with Crippen LogP contribution in [-0.2, 0) is 19.3 Å². The summed E-state index contributed by atoms with van der Waals surface area (Å²) in [7, 11) is -2.96. The summed E-state index contributed by atoms with van der Waals surface area (Å²) in [5.41, 5.74) is 0. The first kappa shape index (κ1) is 22.4. The summed E-state index contributed by atoms with van der Waals surface area (Å²) in [4.78, 5) is 6.91. The van der Waals surface area contributed by atoms with E-state index in [1.54, 1.807) is 0 Å². The predicted molar refractivity (Wildman–Crippen MR) is 109 cm³/mol. The second kappa shape index (κ2) is 11.9. The number of ether oxygens (including phenoxy) is 2. The Morgan fingerprint density at radius 1 is 1.15 bits per heavy atom. The van der Waals surface area contributed by atoms with Crippen molar-refractivity contribution >= 4 is 15.8 Å². The van der Waals surface area contributed by atoms with Crippen LogP contribution in [0, 0.1) is 5.92 Å². The lowest BCUT2D eigenvalue weighted by Crippen LogP contribution is -2.47. The van der Waals surface area contributed by atoms with Crippen molar-refractivity contribution in [3.05, 3.63) is 0 Å². The highest BCUT2D eigenvalue weighted by atomic mass is 32.2. The molecule has 2 aliphatic rings. The molecule has 0 aromatic heterocycles. The van der Waals surface area contributed by atoms with Crippen molar-refractivity contribution in [1.82, 2.24) is 10.2 Å². The molecular weight excluding hydrogens is 366 g/mol. The Balaban J connectivity index is 1.66. The van der Waals surface area contributed by atoms with E-state index in [9.17, 15) is 8.42 Å². The molecule has 1 heterocycles. The van der Waals surface area contributed by atoms with Crippen LogP contribution in [0.15, 0.2) is 4.99 Å². The molecule has 1 saturated carbocycles. The van der Waals surface area contributed by atoms with Crippen LogP contribution in [0.1, 0.15) is 45.4 Å². The number of nitrogens with zero attached hydrogens (tertiary/aromatic N) is 2. The summed E-state index contributed by atoms with van der Waals surface area (Å²) in [6.45, 7) is 6.93. The molecule has 27 heavy (non-hydrogen) atoms. The Morgan fingerprint density at radius 2 is 1.85 bits per heavy atom. The molecule has 0 radical (unpaired) electrons. The van der Waals surface area contributed by atoms with E-state index in [1.165, 1.54) is 31.9 Å². The molecule has 1 aliphatic heterocycles. The summed E-state index contributed by atoms with van der Waals surface area (Å²) in [5.74, 6) is 1.76. The number of nitrogens with one attached hydrogen (secondary N) is 1. The van der Waals surface area contributed by atoms with Gasteiger partial charge in [0.2, 0.25) is 0 Å². The first-order valence-corrected chi connectivity index (χ1v) is 12.4. The quantitative estimate of drug-likeness (QED) is 0.340. The third-order valence-electron chi connectivity index (χ3n) is 5.21. The van der Waals surface area contributed by atoms with Crippen LogP contribution in [0.4, 0.5) is 0 Å². The molecule has 158 valence electrons. The average Bonchev–Trinajstić information content (AvgIpc) is 3.15. The summed E-state index contributed by atoms with van der Waals surface area (Å²) in [5, 5.41) is 3.34. The number of hydrogen-bond donors (Lipinski definition) is 1. The van der Waals surface area contributed by atoms with E-state index in [-0.39, 0.29) is 12.4 Å². The topological polar surface area (TPSA) is 80.2 Å². The smallest absolute Gasteiger partial charge is 0.193 e. The van der Waals surface area contributed by atoms with Gasteiger partial charge in [-0.2, -0.15) is 0 Å². The van der Waals surface area contributed by atoms with E-state index in [0.29, 0.717) is 19.3 Å². The van der Waals surface area contributed by atoms with E-state index in [4.69, 9.17) is 9.47 Å². The summed E-state index contributed by atoms with van der Waals surface area (Å²) >= 11 is 0. The van der Waals surface area contributed by atoms with E-state index >= 15 is 0 Å². The monoisotopic (exact) mass is 403 g/mol. The molecule has 0 unspecified atom stereocenters. The number of sulfone groups is 1. The SMILES string of the molecule is CCNC(=NCCOCCS(C)(=O)=O)N1CCC(OCC2CCCC2)CC1. The van der Waals surface area contributed by atoms with Crippen molar-refractivity contribution in [1.29, 1.82) is 0 Å². The van der Waals surface area contributed by atoms with E-state index < -0.39 is 9.84 Å². The molecule has 0 amide bonds. The highest BCUT2D eigenvalue weighted by Gasteiger charge is 2.23. The van der Waals surface area contributed by atoms with Gasteiger partial charge in [-0.05, 0) is 38.5 Å². The standard InChI is InChI=1S/C19H37N3O4S/c1-3-20-19(21-10-13-25-14-15-27(2,23)24)22-11-8-18(9-12-22)26-16-17-6-4-5-7-17/h17-18H,3-16H2,1-2H3,(H,20,21). The van der Waals surface area contributed by atoms with E-state index in [2.05, 4.69) is 22.1 Å². The lowest BCUT2D eigenvalue weighted by Gasteiger charge is -2.34. The molecule has 2 rings (SSSR count). The van der Waals surface area contributed by atoms with Gasteiger partial charge in [0.1, 0.15) is 9.84 Å². The average molecular weight is 404 g/mol. The molecule has 8 heteroatoms. The zero-order valence-electron chi connectivity index (χ0n) is 17.0. The molecular formula is C19H37N3O4S. The normalized spacial score (nSPS) is 20.4. The summed E-state index contributed by atoms with van der Waals surface area (Å²) < 4.78 is 33.7. The minimum atomic E-state index is -2.96. The van der Waals surface area contributed by atoms with Gasteiger partial charge in [-0.1, -0.05) is 12.8 Å². The van der Waals surface area contributed by atoms with Gasteiger partial charge in [0.15, 0.2) is 5.96 Å². The zero-order chi connectivity index (χ0) is 19.5. The van der Waals surface area contributed by atoms with Crippen LogP contribution < -0.4 is 5.32 Å². The Hall–Kier alpha value is -0.860. The van der Waals surface area contributed by atoms with Crippen molar-refractivity contribution in [2.75, 3.05) is 58.0 Å². The largest absolute Gasteiger partial charge is 0.378 e. The highest BCUT2D eigenvalue weighted by molar-refractivity contribution is 7.90. The lowest BCUT2D eigenvalue weighted by molar-refractivity contribution is 0.000994. The van der Waals surface area contributed by atoms with Gasteiger partial charge in [0.05, 0.1) is 31.6 Å². The number of hydrogen-bond acceptors (Lipinski definition) is 5. The number of piperidine rings is 1. The van der Waals surface area contributed by atoms with Crippen molar-refractivity contribution < 1.29 is 17.9 Å². The molecule has 0 spiro atoms. The van der Waals surface area contributed by atoms with Crippen LogP contribution in [0.25, 0.3) is 0 Å². The maximum atomic E-state index is 11.1. The van der Waals surface area contributed by atoms with Gasteiger partial charge in [0, 0.05) is 32.5 Å². The van der Waals surface area contributed by atoms with Gasteiger partial charge in [-0.15, -0.1) is 0 Å². The number of guanidine groups is 1. The molecule has 2 fully saturated rings. The fourth-order valence-corrected chi connectivity index (χ4v) is 4.06. The number of likely N-dealkylation sites (tertiary alicyclic amines) is 1. The molecule has 0 aromatic carbocycles. The van der Waals surface area contributed by atoms with Gasteiger partial charge >= 0.3 is 0 Å². The molecule has 1 aliphatic carbocycles. The Morgan fingerprint density at radius 3 is 2.48 bits per heavy atom. The van der Waals surface area contributed by atoms with Crippen LogP contribution in [0.2, 0.25) is 0 Å². The van der Waals surface area contributed by atoms with Crippen LogP contribution in [0.3, 0.4) is 0 Å². The molecule has 1 saturated heterocycles. The Bertz CT molecular complexity index is 539. The second-order valence-corrected chi connectivity index (χ2v) is 9.91. The van der Waals surface area contributed by atoms with Crippen molar-refractivity contribution in [3.8, 4) is 0 Å². The fraction of sp³-hybridized carbons (Fsp3) is 0.947. The Kier molecular flexibility index (Phi) is 9.86. The third kappa shape index (κ3) is 9.25. The van der Waals surface area contributed by atoms with Gasteiger partial charge in [0.25, 0.3) is 0 Å². The van der Waals surface area contributed by atoms with Crippen LogP contribution in [0.5, 0.6) is 0 Å². The summed E-state index contributed by atoms with van der Waals surface area (Å²) in [6.07, 6.45) is 9.09. The van der Waals surface area contributed by atoms with Crippen molar-refractivity contribution in [3.63, 3.8) is 0 Å². The highest BCUT2D eigenvalue weighted by Crippen LogP contribution is 2.26. The predicted octanol–water partition coefficient (Wildman–Crippen LogP) is 1.68. The number of aliphatic imine (C=N–C) groups is 1. The van der Waals surface area contributed by atoms with Crippen LogP contribution >= 0.6 is 0 Å². The van der Waals surface area contributed by atoms with E-state index in [1.807, 2.05) is 0 Å². The maximum Gasteiger partial charge on any atom is 0.193 e. The Labute approximate surface area is 164 Å². The molecule has 1 N–H and O–H groups in total. The molecule has 0 bridgehead atoms. The number of rotatable bonds is 10. The minimum absolute atomic E-state index is 0.0607. The van der Waals surface area contributed by atoms with Crippen molar-refractivity contribution in [2.45, 2.75) is 51.6 Å². The van der Waals surface area contributed by atoms with Gasteiger partial charge < -0.3 is 19.7 Å². The zero-order valence-corrected chi connectivity index (χ0v) is 17.8. The first-order valence-electron chi connectivity index (χ1n) is 10.4. The fourth-order valence-electron chi connectivity index (χ4n) is 3.64. The lowest BCUT2D eigenvalue weighted by atomic mass is 10.1. The molecule has 7 nitrogen and oxygen atoms in total. The van der Waals surface area contributed by atoms with Crippen LogP contribution in [-0.4, -0.2) is 83.4 Å². The van der Waals surface area contributed by atoms with E-state index in [0.717, 1.165) is 51.0 Å². The van der Waals surface area contributed by atoms with Gasteiger partial charge in [-0.3, -0.25) is 4.99 Å². The summed E-state index contributed by atoms with van der Waals surface area (Å²) in [6, 6.07) is 0. The second-order valence-electron chi connectivity index (χ2n) is 7.65. The minimum Gasteiger partial charge on any atom is -0.378 e. The van der Waals surface area contributed by atoms with Gasteiger partial charge in [-0.25, -0.2) is 8.42 Å². The molecule has 0 atom stereocenters. The molecule has 0 aromatic rings. The third-order valence-corrected chi connectivity index (χ3v) is 6.12. The first-order chi connectivity index (χ1) is 13.0. The van der Waals surface area contributed by atoms with Crippen molar-refractivity contribution in [2.24, 2.45) is 10.9 Å². The maximum absolute atomic E-state index is 11.1.